The van der Waals surface area contributed by atoms with Crippen molar-refractivity contribution in [2.24, 2.45) is 0 Å². The third-order valence-corrected chi connectivity index (χ3v) is 3.79. The van der Waals surface area contributed by atoms with Gasteiger partial charge < -0.3 is 19.9 Å². The van der Waals surface area contributed by atoms with Gasteiger partial charge in [-0.05, 0) is 49.4 Å². The van der Waals surface area contributed by atoms with Crippen LogP contribution < -0.4 is 19.9 Å². The molecular formula is C19H20ClNO4. The van der Waals surface area contributed by atoms with Crippen molar-refractivity contribution in [2.45, 2.75) is 6.92 Å². The summed E-state index contributed by atoms with van der Waals surface area (Å²) in [6.45, 7) is 2.35. The van der Waals surface area contributed by atoms with Crippen LogP contribution in [0.5, 0.6) is 17.2 Å². The highest BCUT2D eigenvalue weighted by Gasteiger charge is 2.14. The lowest BCUT2D eigenvalue weighted by Crippen LogP contribution is -2.03. The summed E-state index contributed by atoms with van der Waals surface area (Å²) in [5, 5.41) is 0.0371. The van der Waals surface area contributed by atoms with E-state index in [0.29, 0.717) is 40.7 Å². The van der Waals surface area contributed by atoms with Crippen LogP contribution in [-0.4, -0.2) is 26.6 Å². The number of ketones is 1. The first-order valence-corrected chi connectivity index (χ1v) is 8.04. The zero-order valence-corrected chi connectivity index (χ0v) is 15.1. The molecule has 0 fully saturated rings. The van der Waals surface area contributed by atoms with Gasteiger partial charge >= 0.3 is 0 Å². The van der Waals surface area contributed by atoms with Gasteiger partial charge in [0.05, 0.1) is 31.5 Å². The summed E-state index contributed by atoms with van der Waals surface area (Å²) >= 11 is 6.22. The Hall–Kier alpha value is -2.66. The van der Waals surface area contributed by atoms with Gasteiger partial charge in [0.2, 0.25) is 5.78 Å². The van der Waals surface area contributed by atoms with E-state index in [2.05, 4.69) is 0 Å². The molecule has 2 N–H and O–H groups in total. The number of hydrogen-bond donors (Lipinski definition) is 1. The molecule has 25 heavy (non-hydrogen) atoms. The van der Waals surface area contributed by atoms with Crippen LogP contribution in [0.15, 0.2) is 41.4 Å². The number of benzene rings is 2. The van der Waals surface area contributed by atoms with Crippen molar-refractivity contribution >= 4 is 29.1 Å². The highest BCUT2D eigenvalue weighted by atomic mass is 35.5. The second kappa shape index (κ2) is 8.44. The predicted octanol–water partition coefficient (Wildman–Crippen LogP) is 4.15. The highest BCUT2D eigenvalue weighted by molar-refractivity contribution is 6.47. The molecule has 132 valence electrons. The van der Waals surface area contributed by atoms with Crippen molar-refractivity contribution in [3.8, 4) is 17.2 Å². The Morgan fingerprint density at radius 2 is 1.84 bits per heavy atom. The maximum Gasteiger partial charge on any atom is 0.204 e. The van der Waals surface area contributed by atoms with E-state index in [4.69, 9.17) is 31.5 Å². The molecule has 2 aromatic rings. The molecule has 5 nitrogen and oxygen atoms in total. The maximum atomic E-state index is 12.6. The number of halogens is 1. The number of methoxy groups -OCH3 is 2. The van der Waals surface area contributed by atoms with Crippen LogP contribution in [0.3, 0.4) is 0 Å². The molecule has 2 rings (SSSR count). The van der Waals surface area contributed by atoms with Gasteiger partial charge in [-0.3, -0.25) is 4.79 Å². The molecule has 0 heterocycles. The molecular weight excluding hydrogens is 342 g/mol. The first-order valence-electron chi connectivity index (χ1n) is 7.66. The maximum absolute atomic E-state index is 12.6. The van der Waals surface area contributed by atoms with Crippen molar-refractivity contribution < 1.29 is 19.0 Å². The first kappa shape index (κ1) is 18.7. The van der Waals surface area contributed by atoms with E-state index in [1.54, 1.807) is 50.6 Å². The summed E-state index contributed by atoms with van der Waals surface area (Å²) < 4.78 is 15.8. The quantitative estimate of drug-likeness (QED) is 0.455. The second-order valence-electron chi connectivity index (χ2n) is 5.11. The number of carbonyl (C=O) groups excluding carboxylic acids is 1. The molecule has 0 radical (unpaired) electrons. The number of allylic oxidation sites excluding steroid dienone is 1. The fraction of sp³-hybridized carbons (Fsp3) is 0.211. The molecule has 0 aromatic heterocycles. The van der Waals surface area contributed by atoms with Gasteiger partial charge in [0.15, 0.2) is 0 Å². The van der Waals surface area contributed by atoms with E-state index >= 15 is 0 Å². The minimum Gasteiger partial charge on any atom is -0.497 e. The molecule has 0 amide bonds. The Morgan fingerprint density at radius 3 is 2.44 bits per heavy atom. The first-order chi connectivity index (χ1) is 12.0. The predicted molar refractivity (Wildman–Crippen MR) is 99.7 cm³/mol. The van der Waals surface area contributed by atoms with Gasteiger partial charge in [-0.1, -0.05) is 11.6 Å². The molecule has 0 aliphatic heterocycles. The Bertz CT molecular complexity index is 802. The molecule has 0 saturated carbocycles. The molecule has 2 aromatic carbocycles. The smallest absolute Gasteiger partial charge is 0.204 e. The van der Waals surface area contributed by atoms with E-state index < -0.39 is 0 Å². The van der Waals surface area contributed by atoms with E-state index in [9.17, 15) is 4.79 Å². The SMILES string of the molecule is CCOc1ccc(C(=O)C(Cl)=Cc2cc(OC)ccc2OC)cc1N. The highest BCUT2D eigenvalue weighted by Crippen LogP contribution is 2.29. The molecule has 0 spiro atoms. The number of rotatable bonds is 7. The van der Waals surface area contributed by atoms with Crippen LogP contribution in [0, 0.1) is 0 Å². The van der Waals surface area contributed by atoms with Gasteiger partial charge in [0, 0.05) is 11.1 Å². The Kier molecular flexibility index (Phi) is 6.31. The molecule has 0 aliphatic rings. The van der Waals surface area contributed by atoms with Gasteiger partial charge in [-0.25, -0.2) is 0 Å². The molecule has 0 unspecified atom stereocenters. The normalized spacial score (nSPS) is 11.1. The summed E-state index contributed by atoms with van der Waals surface area (Å²) in [6.07, 6.45) is 1.54. The number of Topliss-reactive ketones (excluding diaryl/α,β-unsaturated/α-hetero) is 1. The lowest BCUT2D eigenvalue weighted by atomic mass is 10.1. The molecule has 0 aliphatic carbocycles. The summed E-state index contributed by atoms with van der Waals surface area (Å²) in [4.78, 5) is 12.6. The van der Waals surface area contributed by atoms with Crippen molar-refractivity contribution in [1.82, 2.24) is 0 Å². The lowest BCUT2D eigenvalue weighted by Gasteiger charge is -2.09. The van der Waals surface area contributed by atoms with Crippen LogP contribution in [-0.2, 0) is 0 Å². The molecule has 0 bridgehead atoms. The average molecular weight is 362 g/mol. The number of hydrogen-bond acceptors (Lipinski definition) is 5. The average Bonchev–Trinajstić information content (AvgIpc) is 2.62. The van der Waals surface area contributed by atoms with Gasteiger partial charge in [-0.2, -0.15) is 0 Å². The van der Waals surface area contributed by atoms with Crippen LogP contribution in [0.25, 0.3) is 6.08 Å². The Labute approximate surface area is 151 Å². The zero-order valence-electron chi connectivity index (χ0n) is 14.3. The number of nitrogen functional groups attached to an aromatic ring is 1. The van der Waals surface area contributed by atoms with Gasteiger partial charge in [0.1, 0.15) is 17.2 Å². The third kappa shape index (κ3) is 4.45. The minimum absolute atomic E-state index is 0.0371. The number of carbonyl (C=O) groups is 1. The minimum atomic E-state index is -0.346. The van der Waals surface area contributed by atoms with Crippen molar-refractivity contribution in [3.63, 3.8) is 0 Å². The monoisotopic (exact) mass is 361 g/mol. The summed E-state index contributed by atoms with van der Waals surface area (Å²) in [5.74, 6) is 1.40. The third-order valence-electron chi connectivity index (χ3n) is 3.51. The Morgan fingerprint density at radius 1 is 1.12 bits per heavy atom. The number of anilines is 1. The van der Waals surface area contributed by atoms with Gasteiger partial charge in [-0.15, -0.1) is 0 Å². The van der Waals surface area contributed by atoms with E-state index in [1.165, 1.54) is 6.08 Å². The van der Waals surface area contributed by atoms with E-state index in [-0.39, 0.29) is 10.8 Å². The molecule has 6 heteroatoms. The van der Waals surface area contributed by atoms with Gasteiger partial charge in [0.25, 0.3) is 0 Å². The lowest BCUT2D eigenvalue weighted by molar-refractivity contribution is 0.104. The van der Waals surface area contributed by atoms with Crippen LogP contribution in [0.1, 0.15) is 22.8 Å². The topological polar surface area (TPSA) is 70.8 Å². The summed E-state index contributed by atoms with van der Waals surface area (Å²) in [7, 11) is 3.10. The van der Waals surface area contributed by atoms with Crippen molar-refractivity contribution in [3.05, 3.63) is 52.6 Å². The standard InChI is InChI=1S/C19H20ClNO4/c1-4-25-18-7-5-12(11-16(18)21)19(22)15(20)10-13-9-14(23-2)6-8-17(13)24-3/h5-11H,4,21H2,1-3H3. The summed E-state index contributed by atoms with van der Waals surface area (Å²) in [6, 6.07) is 10.1. The van der Waals surface area contributed by atoms with E-state index in [0.717, 1.165) is 0 Å². The fourth-order valence-electron chi connectivity index (χ4n) is 2.27. The second-order valence-corrected chi connectivity index (χ2v) is 5.52. The van der Waals surface area contributed by atoms with Crippen molar-refractivity contribution in [2.75, 3.05) is 26.6 Å². The summed E-state index contributed by atoms with van der Waals surface area (Å²) in [5.41, 5.74) is 7.31. The number of ether oxygens (including phenoxy) is 3. The Balaban J connectivity index is 2.33. The molecule has 0 saturated heterocycles. The van der Waals surface area contributed by atoms with Crippen LogP contribution in [0.4, 0.5) is 5.69 Å². The number of nitrogens with two attached hydrogens (primary N) is 1. The largest absolute Gasteiger partial charge is 0.497 e. The zero-order chi connectivity index (χ0) is 18.4. The fourth-order valence-corrected chi connectivity index (χ4v) is 2.50. The van der Waals surface area contributed by atoms with Crippen molar-refractivity contribution in [1.29, 1.82) is 0 Å². The molecule has 0 atom stereocenters. The van der Waals surface area contributed by atoms with E-state index in [1.807, 2.05) is 6.92 Å². The van der Waals surface area contributed by atoms with Crippen LogP contribution in [0.2, 0.25) is 0 Å². The van der Waals surface area contributed by atoms with Crippen LogP contribution >= 0.6 is 11.6 Å².